The van der Waals surface area contributed by atoms with E-state index in [2.05, 4.69) is 159 Å². The van der Waals surface area contributed by atoms with E-state index in [1.165, 1.54) is 16.7 Å². The number of benzene rings is 5. The molecule has 4 heterocycles. The van der Waals surface area contributed by atoms with E-state index in [9.17, 15) is 5.26 Å². The summed E-state index contributed by atoms with van der Waals surface area (Å²) < 4.78 is 34.7. The van der Waals surface area contributed by atoms with Crippen LogP contribution in [-0.4, -0.2) is 14.5 Å². The van der Waals surface area contributed by atoms with Crippen LogP contribution in [0.1, 0.15) is 147 Å². The minimum atomic E-state index is -2.35. The van der Waals surface area contributed by atoms with Gasteiger partial charge in [0.25, 0.3) is 0 Å². The predicted octanol–water partition coefficient (Wildman–Crippen LogP) is 16.8. The molecular weight excluding hydrogens is 1010 g/mol. The third-order valence-corrected chi connectivity index (χ3v) is 12.9. The maximum atomic E-state index is 10.8. The Morgan fingerprint density at radius 1 is 0.588 bits per heavy atom. The van der Waals surface area contributed by atoms with Crippen molar-refractivity contribution in [1.29, 1.82) is 5.26 Å². The first kappa shape index (κ1) is 45.9. The van der Waals surface area contributed by atoms with Gasteiger partial charge in [-0.1, -0.05) is 169 Å². The summed E-state index contributed by atoms with van der Waals surface area (Å²) in [5, 5.41) is 14.8. The molecule has 9 aromatic rings. The van der Waals surface area contributed by atoms with Crippen LogP contribution in [0, 0.1) is 30.3 Å². The van der Waals surface area contributed by atoms with Gasteiger partial charge >= 0.3 is 0 Å². The zero-order chi connectivity index (χ0) is 51.1. The number of nitriles is 1. The Morgan fingerprint density at radius 3 is 1.66 bits per heavy atom. The molecule has 4 aromatic heterocycles. The van der Waals surface area contributed by atoms with E-state index < -0.39 is 12.3 Å². The van der Waals surface area contributed by atoms with Gasteiger partial charge in [0.2, 0.25) is 0 Å². The van der Waals surface area contributed by atoms with Crippen LogP contribution in [0.5, 0.6) is 0 Å². The maximum Gasteiger partial charge on any atom is 0.146 e. The molecule has 0 unspecified atom stereocenters. The van der Waals surface area contributed by atoms with Gasteiger partial charge in [0.05, 0.1) is 22.2 Å². The van der Waals surface area contributed by atoms with Gasteiger partial charge in [0, 0.05) is 52.8 Å². The monoisotopic (exact) mass is 1080 g/mol. The second-order valence-electron chi connectivity index (χ2n) is 23.2. The van der Waals surface area contributed by atoms with Crippen molar-refractivity contribution in [1.82, 2.24) is 14.5 Å². The van der Waals surface area contributed by atoms with Gasteiger partial charge in [-0.2, -0.15) is 5.26 Å². The molecule has 5 aromatic carbocycles. The molecule has 1 radical (unpaired) electrons. The quantitative estimate of drug-likeness (QED) is 0.165. The van der Waals surface area contributed by atoms with E-state index in [4.69, 9.17) is 13.5 Å². The van der Waals surface area contributed by atoms with Gasteiger partial charge in [-0.3, -0.25) is 0 Å². The Labute approximate surface area is 422 Å². The molecule has 0 saturated carbocycles. The fourth-order valence-electron chi connectivity index (χ4n) is 8.90. The van der Waals surface area contributed by atoms with E-state index in [-0.39, 0.29) is 47.3 Å². The molecule has 0 aliphatic heterocycles. The maximum absolute atomic E-state index is 10.8. The van der Waals surface area contributed by atoms with Crippen molar-refractivity contribution in [2.24, 2.45) is 0 Å². The molecule has 351 valence electrons. The van der Waals surface area contributed by atoms with Crippen molar-refractivity contribution in [2.45, 2.75) is 138 Å². The van der Waals surface area contributed by atoms with E-state index >= 15 is 0 Å². The zero-order valence-corrected chi connectivity index (χ0v) is 44.8. The summed E-state index contributed by atoms with van der Waals surface area (Å²) in [7, 11) is 0. The number of nitrogens with zero attached hydrogens (tertiary/aromatic N) is 4. The number of aryl methyl sites for hydroxylation is 1. The second kappa shape index (κ2) is 17.9. The van der Waals surface area contributed by atoms with E-state index in [1.807, 2.05) is 69.4 Å². The molecular formula is C62H66IrN4O-2. The number of aromatic nitrogens is 3. The fourth-order valence-corrected chi connectivity index (χ4v) is 8.90. The van der Waals surface area contributed by atoms with E-state index in [0.717, 1.165) is 49.4 Å². The first-order valence-electron chi connectivity index (χ1n) is 24.9. The van der Waals surface area contributed by atoms with E-state index in [0.29, 0.717) is 39.2 Å². The Hall–Kier alpha value is -5.86. The first-order chi connectivity index (χ1) is 32.5. The molecule has 0 aliphatic rings. The molecule has 0 saturated heterocycles. The average Bonchev–Trinajstić information content (AvgIpc) is 3.82. The number of furan rings is 1. The Morgan fingerprint density at radius 2 is 1.16 bits per heavy atom. The molecule has 0 aliphatic carbocycles. The van der Waals surface area contributed by atoms with Crippen LogP contribution in [0.2, 0.25) is 0 Å². The summed E-state index contributed by atoms with van der Waals surface area (Å²) in [5.74, 6) is 0. The summed E-state index contributed by atoms with van der Waals surface area (Å²) in [6, 6.07) is 42.2. The van der Waals surface area contributed by atoms with Crippen LogP contribution in [0.4, 0.5) is 0 Å². The number of rotatable bonds is 3. The third kappa shape index (κ3) is 9.46. The normalized spacial score (nSPS) is 13.4. The van der Waals surface area contributed by atoms with E-state index in [1.54, 1.807) is 12.3 Å². The molecule has 68 heavy (non-hydrogen) atoms. The molecule has 0 fully saturated rings. The summed E-state index contributed by atoms with van der Waals surface area (Å²) in [6.45, 7) is 30.0. The Bertz CT molecular complexity index is 3410. The van der Waals surface area contributed by atoms with Crippen molar-refractivity contribution in [3.63, 3.8) is 0 Å². The van der Waals surface area contributed by atoms with Crippen molar-refractivity contribution in [2.75, 3.05) is 0 Å². The summed E-state index contributed by atoms with van der Waals surface area (Å²) >= 11 is 0. The van der Waals surface area contributed by atoms with Crippen molar-refractivity contribution < 1.29 is 28.6 Å². The van der Waals surface area contributed by atoms with Crippen LogP contribution >= 0.6 is 0 Å². The molecule has 5 nitrogen and oxygen atoms in total. The SMILES string of the molecule is CC(C)(C)c1ccc(-c2[c-]cccc2)nc1.[2H]C([2H])([2H])c1cc(-c2[c-]cc(C(C)(C)C)c3c2oc2c(-n4c5cc(C(C)(C)C)ccc5c5ccc(C(C)(C)C)cc54)c(C#N)ccc23)ncc1C(C)(C)C.[Ir]. The van der Waals surface area contributed by atoms with Gasteiger partial charge in [-0.25, -0.2) is 0 Å². The first-order valence-corrected chi connectivity index (χ1v) is 23.4. The minimum absolute atomic E-state index is 0. The van der Waals surface area contributed by atoms with Crippen LogP contribution in [0.15, 0.2) is 114 Å². The topological polar surface area (TPSA) is 67.6 Å². The standard InChI is InChI=1S/C47H50N3O.C15H16N.Ir/c1-27-22-37(49-26-36(27)47(11,12)13)33-20-21-35(46(8,9)10)40-34-17-14-28(25-48)41(43(34)51-42(33)40)50-38-23-29(44(2,3)4)15-18-31(38)32-19-16-30(24-39(32)50)45(5,6)7;1-15(2,3)13-9-10-14(16-11-13)12-7-5-4-6-8-12;/h14-19,21-24,26H,1-13H3;4-7,9-11H,1-3H3;/q2*-1;/i1D3;;. The Kier molecular flexibility index (Phi) is 12.1. The van der Waals surface area contributed by atoms with Crippen molar-refractivity contribution in [3.05, 3.63) is 161 Å². The molecule has 0 N–H and O–H groups in total. The Balaban J connectivity index is 0.000000369. The summed E-state index contributed by atoms with van der Waals surface area (Å²) in [5.41, 5.74) is 12.2. The number of hydrogen-bond acceptors (Lipinski definition) is 4. The summed E-state index contributed by atoms with van der Waals surface area (Å²) in [6.07, 6.45) is 3.64. The molecule has 0 bridgehead atoms. The predicted molar refractivity (Wildman–Crippen MR) is 282 cm³/mol. The molecule has 0 spiro atoms. The fraction of sp³-hybridized carbons (Fsp3) is 0.339. The third-order valence-electron chi connectivity index (χ3n) is 12.9. The zero-order valence-electron chi connectivity index (χ0n) is 45.4. The van der Waals surface area contributed by atoms with Crippen molar-refractivity contribution >= 4 is 43.7 Å². The van der Waals surface area contributed by atoms with Crippen LogP contribution < -0.4 is 0 Å². The van der Waals surface area contributed by atoms with Gasteiger partial charge in [0.15, 0.2) is 0 Å². The van der Waals surface area contributed by atoms with Crippen molar-refractivity contribution in [3.8, 4) is 34.3 Å². The van der Waals surface area contributed by atoms with Gasteiger partial charge in [-0.15, -0.1) is 53.6 Å². The van der Waals surface area contributed by atoms with Gasteiger partial charge in [-0.05, 0) is 85.8 Å². The van der Waals surface area contributed by atoms with Gasteiger partial charge in [0.1, 0.15) is 17.3 Å². The molecule has 0 atom stereocenters. The second-order valence-corrected chi connectivity index (χ2v) is 23.2. The van der Waals surface area contributed by atoms with Crippen LogP contribution in [0.25, 0.3) is 71.9 Å². The van der Waals surface area contributed by atoms with Gasteiger partial charge < -0.3 is 19.0 Å². The van der Waals surface area contributed by atoms with Crippen LogP contribution in [-0.2, 0) is 47.2 Å². The number of fused-ring (bicyclic) bond motifs is 6. The van der Waals surface area contributed by atoms with Crippen LogP contribution in [0.3, 0.4) is 0 Å². The number of pyridine rings is 2. The largest absolute Gasteiger partial charge is 0.498 e. The molecule has 6 heteroatoms. The molecule has 9 rings (SSSR count). The molecule has 0 amide bonds. The summed E-state index contributed by atoms with van der Waals surface area (Å²) in [4.78, 5) is 9.34. The number of hydrogen-bond donors (Lipinski definition) is 0. The smallest absolute Gasteiger partial charge is 0.146 e. The minimum Gasteiger partial charge on any atom is -0.498 e. The average molecular weight is 1080 g/mol.